The molecular formula is C16H14N2O2S. The van der Waals surface area contributed by atoms with Crippen LogP contribution in [0, 0.1) is 6.92 Å². The minimum atomic E-state index is -0.211. The molecule has 2 aromatic carbocycles. The number of thiazole rings is 1. The monoisotopic (exact) mass is 298 g/mol. The second kappa shape index (κ2) is 5.93. The van der Waals surface area contributed by atoms with E-state index in [-0.39, 0.29) is 12.5 Å². The highest BCUT2D eigenvalue weighted by Crippen LogP contribution is 2.25. The number of nitrogens with zero attached hydrogens (tertiary/aromatic N) is 1. The minimum Gasteiger partial charge on any atom is -0.483 e. The summed E-state index contributed by atoms with van der Waals surface area (Å²) in [5.41, 5.74) is 0. The topological polar surface area (TPSA) is 51.2 Å². The lowest BCUT2D eigenvalue weighted by Gasteiger charge is -2.08. The van der Waals surface area contributed by atoms with Crippen molar-refractivity contribution in [1.29, 1.82) is 0 Å². The first-order chi connectivity index (χ1) is 10.2. The lowest BCUT2D eigenvalue weighted by Crippen LogP contribution is -2.20. The van der Waals surface area contributed by atoms with Crippen molar-refractivity contribution in [3.63, 3.8) is 0 Å². The fourth-order valence-electron chi connectivity index (χ4n) is 2.03. The zero-order valence-electron chi connectivity index (χ0n) is 11.5. The van der Waals surface area contributed by atoms with Gasteiger partial charge < -0.3 is 4.74 Å². The first kappa shape index (κ1) is 13.6. The molecule has 3 rings (SSSR count). The molecule has 0 aliphatic carbocycles. The number of nitrogens with one attached hydrogen (secondary N) is 1. The maximum absolute atomic E-state index is 11.9. The summed E-state index contributed by atoms with van der Waals surface area (Å²) in [6.45, 7) is 1.91. The molecular weight excluding hydrogens is 284 g/mol. The second-order valence-electron chi connectivity index (χ2n) is 4.59. The molecule has 0 unspecified atom stereocenters. The van der Waals surface area contributed by atoms with E-state index in [0.717, 1.165) is 15.6 Å². The number of benzene rings is 2. The predicted octanol–water partition coefficient (Wildman–Crippen LogP) is 3.62. The zero-order valence-corrected chi connectivity index (χ0v) is 12.3. The summed E-state index contributed by atoms with van der Waals surface area (Å²) < 4.78 is 5.62. The summed E-state index contributed by atoms with van der Waals surface area (Å²) in [4.78, 5) is 17.0. The van der Waals surface area contributed by atoms with Gasteiger partial charge in [0.15, 0.2) is 11.7 Å². The average molecular weight is 298 g/mol. The van der Waals surface area contributed by atoms with Crippen LogP contribution in [-0.2, 0) is 4.79 Å². The summed E-state index contributed by atoms with van der Waals surface area (Å²) in [5.74, 6) is 0.496. The van der Waals surface area contributed by atoms with Crippen molar-refractivity contribution in [1.82, 2.24) is 4.98 Å². The minimum absolute atomic E-state index is 0.0351. The fourth-order valence-corrected chi connectivity index (χ4v) is 2.71. The van der Waals surface area contributed by atoms with Gasteiger partial charge in [-0.05, 0) is 18.4 Å². The smallest absolute Gasteiger partial charge is 0.264 e. The maximum Gasteiger partial charge on any atom is 0.264 e. The molecule has 0 aliphatic heterocycles. The number of amides is 1. The van der Waals surface area contributed by atoms with E-state index in [1.807, 2.05) is 49.4 Å². The molecule has 5 heteroatoms. The van der Waals surface area contributed by atoms with Crippen LogP contribution in [-0.4, -0.2) is 17.5 Å². The van der Waals surface area contributed by atoms with Crippen molar-refractivity contribution < 1.29 is 9.53 Å². The largest absolute Gasteiger partial charge is 0.483 e. The van der Waals surface area contributed by atoms with Gasteiger partial charge in [-0.2, -0.15) is 0 Å². The molecule has 0 saturated carbocycles. The third kappa shape index (κ3) is 3.20. The molecule has 0 spiro atoms. The van der Waals surface area contributed by atoms with Crippen LogP contribution in [0.5, 0.6) is 5.75 Å². The molecule has 1 aromatic heterocycles. The van der Waals surface area contributed by atoms with Crippen LogP contribution in [0.15, 0.2) is 48.7 Å². The molecule has 4 nitrogen and oxygen atoms in total. The molecule has 106 valence electrons. The van der Waals surface area contributed by atoms with E-state index in [0.29, 0.717) is 10.9 Å². The number of aromatic nitrogens is 1. The number of aryl methyl sites for hydroxylation is 1. The van der Waals surface area contributed by atoms with Crippen LogP contribution in [0.4, 0.5) is 5.13 Å². The van der Waals surface area contributed by atoms with Crippen LogP contribution in [0.3, 0.4) is 0 Å². The summed E-state index contributed by atoms with van der Waals surface area (Å²) >= 11 is 1.44. The number of hydrogen-bond acceptors (Lipinski definition) is 4. The van der Waals surface area contributed by atoms with E-state index in [2.05, 4.69) is 10.3 Å². The Morgan fingerprint density at radius 2 is 2.05 bits per heavy atom. The Morgan fingerprint density at radius 3 is 2.86 bits per heavy atom. The Balaban J connectivity index is 1.67. The molecule has 0 atom stereocenters. The molecule has 1 N–H and O–H groups in total. The predicted molar refractivity (Wildman–Crippen MR) is 84.9 cm³/mol. The Kier molecular flexibility index (Phi) is 3.83. The molecule has 1 amide bonds. The van der Waals surface area contributed by atoms with E-state index >= 15 is 0 Å². The Morgan fingerprint density at radius 1 is 1.24 bits per heavy atom. The molecule has 0 radical (unpaired) electrons. The number of rotatable bonds is 4. The highest BCUT2D eigenvalue weighted by molar-refractivity contribution is 7.15. The lowest BCUT2D eigenvalue weighted by atomic mass is 10.1. The van der Waals surface area contributed by atoms with Crippen molar-refractivity contribution >= 4 is 33.1 Å². The second-order valence-corrected chi connectivity index (χ2v) is 5.82. The Labute approximate surface area is 126 Å². The number of fused-ring (bicyclic) bond motifs is 1. The number of anilines is 1. The highest BCUT2D eigenvalue weighted by Gasteiger charge is 2.08. The number of hydrogen-bond donors (Lipinski definition) is 1. The highest BCUT2D eigenvalue weighted by atomic mass is 32.1. The van der Waals surface area contributed by atoms with Crippen molar-refractivity contribution in [3.05, 3.63) is 53.5 Å². The van der Waals surface area contributed by atoms with E-state index in [1.54, 1.807) is 6.20 Å². The first-order valence-corrected chi connectivity index (χ1v) is 7.37. The van der Waals surface area contributed by atoms with Crippen LogP contribution in [0.1, 0.15) is 4.88 Å². The number of carbonyl (C=O) groups is 1. The van der Waals surface area contributed by atoms with Gasteiger partial charge in [0.25, 0.3) is 5.91 Å². The third-order valence-electron chi connectivity index (χ3n) is 2.98. The van der Waals surface area contributed by atoms with Gasteiger partial charge in [0.2, 0.25) is 0 Å². The maximum atomic E-state index is 11.9. The molecule has 0 fully saturated rings. The Bertz CT molecular complexity index is 777. The van der Waals surface area contributed by atoms with Crippen molar-refractivity contribution in [3.8, 4) is 5.75 Å². The van der Waals surface area contributed by atoms with Gasteiger partial charge in [0, 0.05) is 16.5 Å². The Hall–Kier alpha value is -2.40. The number of ether oxygens (including phenoxy) is 1. The van der Waals surface area contributed by atoms with Gasteiger partial charge in [-0.15, -0.1) is 11.3 Å². The van der Waals surface area contributed by atoms with Gasteiger partial charge >= 0.3 is 0 Å². The van der Waals surface area contributed by atoms with Crippen LogP contribution in [0.25, 0.3) is 10.8 Å². The van der Waals surface area contributed by atoms with Crippen LogP contribution >= 0.6 is 11.3 Å². The fraction of sp³-hybridized carbons (Fsp3) is 0.125. The van der Waals surface area contributed by atoms with Gasteiger partial charge in [0.05, 0.1) is 0 Å². The molecule has 0 saturated heterocycles. The van der Waals surface area contributed by atoms with E-state index in [1.165, 1.54) is 11.3 Å². The standard InChI is InChI=1S/C16H14N2O2S/c1-11-9-17-16(21-11)18-15(19)10-20-14-8-4-6-12-5-2-3-7-13(12)14/h2-9H,10H2,1H3,(H,17,18,19). The van der Waals surface area contributed by atoms with Crippen molar-refractivity contribution in [2.75, 3.05) is 11.9 Å². The van der Waals surface area contributed by atoms with E-state index in [9.17, 15) is 4.79 Å². The third-order valence-corrected chi connectivity index (χ3v) is 3.80. The summed E-state index contributed by atoms with van der Waals surface area (Å²) in [5, 5.41) is 5.41. The van der Waals surface area contributed by atoms with Gasteiger partial charge in [-0.3, -0.25) is 10.1 Å². The lowest BCUT2D eigenvalue weighted by molar-refractivity contribution is -0.118. The van der Waals surface area contributed by atoms with E-state index in [4.69, 9.17) is 4.74 Å². The SMILES string of the molecule is Cc1cnc(NC(=O)COc2cccc3ccccc23)s1. The quantitative estimate of drug-likeness (QED) is 0.800. The molecule has 21 heavy (non-hydrogen) atoms. The molecule has 1 heterocycles. The van der Waals surface area contributed by atoms with Crippen molar-refractivity contribution in [2.45, 2.75) is 6.92 Å². The van der Waals surface area contributed by atoms with Gasteiger partial charge in [-0.1, -0.05) is 36.4 Å². The summed E-state index contributed by atoms with van der Waals surface area (Å²) in [6.07, 6.45) is 1.73. The number of carbonyl (C=O) groups excluding carboxylic acids is 1. The molecule has 3 aromatic rings. The summed E-state index contributed by atoms with van der Waals surface area (Å²) in [6, 6.07) is 13.7. The normalized spacial score (nSPS) is 10.5. The van der Waals surface area contributed by atoms with Crippen LogP contribution < -0.4 is 10.1 Å². The average Bonchev–Trinajstić information content (AvgIpc) is 2.90. The van der Waals surface area contributed by atoms with E-state index < -0.39 is 0 Å². The van der Waals surface area contributed by atoms with Crippen molar-refractivity contribution in [2.24, 2.45) is 0 Å². The summed E-state index contributed by atoms with van der Waals surface area (Å²) in [7, 11) is 0. The molecule has 0 bridgehead atoms. The zero-order chi connectivity index (χ0) is 14.7. The first-order valence-electron chi connectivity index (χ1n) is 6.55. The van der Waals surface area contributed by atoms with Gasteiger partial charge in [-0.25, -0.2) is 4.98 Å². The van der Waals surface area contributed by atoms with Gasteiger partial charge in [0.1, 0.15) is 5.75 Å². The van der Waals surface area contributed by atoms with Crippen LogP contribution in [0.2, 0.25) is 0 Å². The molecule has 0 aliphatic rings.